The number of nitrogens with zero attached hydrogens (tertiary/aromatic N) is 6. The van der Waals surface area contributed by atoms with E-state index < -0.39 is 0 Å². The predicted molar refractivity (Wildman–Crippen MR) is 124 cm³/mol. The van der Waals surface area contributed by atoms with E-state index in [2.05, 4.69) is 37.4 Å². The number of anilines is 2. The molecule has 1 spiro atoms. The van der Waals surface area contributed by atoms with E-state index in [9.17, 15) is 0 Å². The highest BCUT2D eigenvalue weighted by Gasteiger charge is 2.52. The Hall–Kier alpha value is -3.27. The Kier molecular flexibility index (Phi) is 4.55. The zero-order valence-corrected chi connectivity index (χ0v) is 18.8. The van der Waals surface area contributed by atoms with Crippen molar-refractivity contribution in [2.24, 2.45) is 22.4 Å². The number of hydrogen-bond donors (Lipinski definition) is 1. The summed E-state index contributed by atoms with van der Waals surface area (Å²) in [6.07, 6.45) is 7.77. The van der Waals surface area contributed by atoms with Crippen molar-refractivity contribution in [1.82, 2.24) is 14.9 Å². The number of aliphatic imine (C=N–C) groups is 2. The Morgan fingerprint density at radius 3 is 2.97 bits per heavy atom. The van der Waals surface area contributed by atoms with Crippen molar-refractivity contribution in [1.29, 1.82) is 0 Å². The van der Waals surface area contributed by atoms with Gasteiger partial charge in [0.25, 0.3) is 0 Å². The number of benzene rings is 1. The largest absolute Gasteiger partial charge is 0.372 e. The van der Waals surface area contributed by atoms with E-state index in [-0.39, 0.29) is 35.1 Å². The first-order valence-electron chi connectivity index (χ1n) is 11.2. The summed E-state index contributed by atoms with van der Waals surface area (Å²) in [5.74, 6) is 0.146. The average molecular weight is 452 g/mol. The van der Waals surface area contributed by atoms with Crippen LogP contribution >= 0.6 is 0 Å². The van der Waals surface area contributed by atoms with E-state index in [0.717, 1.165) is 11.1 Å². The van der Waals surface area contributed by atoms with E-state index in [1.54, 1.807) is 17.2 Å². The maximum absolute atomic E-state index is 16.0. The van der Waals surface area contributed by atoms with Crippen molar-refractivity contribution in [3.8, 4) is 0 Å². The number of aromatic nitrogens is 3. The highest BCUT2D eigenvalue weighted by molar-refractivity contribution is 5.93. The van der Waals surface area contributed by atoms with Crippen molar-refractivity contribution in [3.05, 3.63) is 35.4 Å². The van der Waals surface area contributed by atoms with Crippen molar-refractivity contribution < 1.29 is 13.7 Å². The summed E-state index contributed by atoms with van der Waals surface area (Å²) in [6, 6.07) is 1.94. The summed E-state index contributed by atoms with van der Waals surface area (Å²) in [5, 5.41) is 12.2. The van der Waals surface area contributed by atoms with Crippen LogP contribution < -0.4 is 10.2 Å². The zero-order chi connectivity index (χ0) is 22.7. The third kappa shape index (κ3) is 3.15. The second-order valence-corrected chi connectivity index (χ2v) is 9.38. The van der Waals surface area contributed by atoms with Crippen LogP contribution in [0.1, 0.15) is 25.0 Å². The number of aryl methyl sites for hydroxylation is 1. The molecule has 5 heterocycles. The van der Waals surface area contributed by atoms with Crippen LogP contribution in [0.4, 0.5) is 15.9 Å². The monoisotopic (exact) mass is 451 g/mol. The molecule has 1 unspecified atom stereocenters. The number of halogens is 1. The molecule has 3 aliphatic rings. The van der Waals surface area contributed by atoms with Gasteiger partial charge in [-0.2, -0.15) is 5.10 Å². The molecule has 1 fully saturated rings. The van der Waals surface area contributed by atoms with Gasteiger partial charge >= 0.3 is 0 Å². The van der Waals surface area contributed by atoms with Crippen molar-refractivity contribution in [2.45, 2.75) is 45.1 Å². The number of ether oxygens (including phenoxy) is 1. The van der Waals surface area contributed by atoms with Gasteiger partial charge in [0, 0.05) is 38.1 Å². The molecule has 10 heteroatoms. The normalized spacial score (nSPS) is 28.4. The molecule has 0 amide bonds. The van der Waals surface area contributed by atoms with Crippen LogP contribution in [0.15, 0.2) is 33.0 Å². The van der Waals surface area contributed by atoms with Crippen LogP contribution in [0.3, 0.4) is 0 Å². The molecule has 6 rings (SSSR count). The molecule has 4 atom stereocenters. The van der Waals surface area contributed by atoms with Gasteiger partial charge in [-0.1, -0.05) is 5.16 Å². The highest BCUT2D eigenvalue weighted by Crippen LogP contribution is 2.48. The third-order valence-electron chi connectivity index (χ3n) is 6.92. The highest BCUT2D eigenvalue weighted by atomic mass is 19.1. The molecule has 33 heavy (non-hydrogen) atoms. The lowest BCUT2D eigenvalue weighted by Gasteiger charge is -2.55. The lowest BCUT2D eigenvalue weighted by Crippen LogP contribution is -2.65. The maximum Gasteiger partial charge on any atom is 0.206 e. The molecule has 1 aromatic carbocycles. The number of fused-ring (bicyclic) bond motifs is 5. The van der Waals surface area contributed by atoms with Gasteiger partial charge in [-0.3, -0.25) is 9.67 Å². The first-order valence-corrected chi connectivity index (χ1v) is 11.2. The Morgan fingerprint density at radius 1 is 1.33 bits per heavy atom. The molecule has 0 aliphatic carbocycles. The summed E-state index contributed by atoms with van der Waals surface area (Å²) in [7, 11) is 1.87. The van der Waals surface area contributed by atoms with Crippen molar-refractivity contribution in [2.75, 3.05) is 23.3 Å². The fraction of sp³-hybridized carbons (Fsp3) is 0.478. The molecule has 2 aromatic heterocycles. The van der Waals surface area contributed by atoms with Gasteiger partial charge in [-0.15, -0.1) is 0 Å². The molecule has 9 nitrogen and oxygen atoms in total. The molecule has 0 bridgehead atoms. The van der Waals surface area contributed by atoms with Gasteiger partial charge in [-0.05, 0) is 31.9 Å². The Morgan fingerprint density at radius 2 is 2.21 bits per heavy atom. The Balaban J connectivity index is 1.44. The second kappa shape index (κ2) is 7.38. The third-order valence-corrected chi connectivity index (χ3v) is 6.92. The molecular weight excluding hydrogens is 425 g/mol. The minimum atomic E-state index is -0.373. The van der Waals surface area contributed by atoms with Crippen molar-refractivity contribution in [3.63, 3.8) is 0 Å². The number of hydrogen-bond acceptors (Lipinski definition) is 8. The Labute approximate surface area is 190 Å². The molecule has 3 aromatic rings. The fourth-order valence-corrected chi connectivity index (χ4v) is 5.75. The first-order chi connectivity index (χ1) is 15.9. The molecule has 1 saturated heterocycles. The summed E-state index contributed by atoms with van der Waals surface area (Å²) in [5.41, 5.74) is 2.30. The average Bonchev–Trinajstić information content (AvgIpc) is 3.38. The zero-order valence-electron chi connectivity index (χ0n) is 18.8. The van der Waals surface area contributed by atoms with Gasteiger partial charge in [0.15, 0.2) is 11.6 Å². The standard InChI is InChI=1S/C23H26FN7O2/c1-13-8-31-19-16(5-23(10-25-12-26-11-23)21(31)14(2)32-13)4-17-20(18(19)24)33-29-22(17)27-6-15-7-28-30(3)9-15/h4,7,9-10,12-14,21H,5-6,8,11H2,1-3H3,(H,27,29)/t13-,14+,21-,23?/m1/s1. The molecule has 0 saturated carbocycles. The van der Waals surface area contributed by atoms with Gasteiger partial charge < -0.3 is 19.5 Å². The summed E-state index contributed by atoms with van der Waals surface area (Å²) >= 11 is 0. The SMILES string of the molecule is C[C@@H]1CN2c3c(cc4c(NCc5cnn(C)c5)noc4c3F)CC3(C=NC=NC3)[C@H]2[C@H](C)O1. The van der Waals surface area contributed by atoms with E-state index >= 15 is 4.39 Å². The van der Waals surface area contributed by atoms with Crippen LogP contribution in [-0.4, -0.2) is 58.8 Å². The summed E-state index contributed by atoms with van der Waals surface area (Å²) in [6.45, 7) is 5.77. The van der Waals surface area contributed by atoms with E-state index in [1.807, 2.05) is 32.4 Å². The van der Waals surface area contributed by atoms with Gasteiger partial charge in [0.1, 0.15) is 6.34 Å². The quantitative estimate of drug-likeness (QED) is 0.658. The van der Waals surface area contributed by atoms with Crippen LogP contribution in [0.25, 0.3) is 11.0 Å². The minimum Gasteiger partial charge on any atom is -0.372 e. The maximum atomic E-state index is 16.0. The summed E-state index contributed by atoms with van der Waals surface area (Å²) < 4.78 is 29.4. The molecule has 3 aliphatic heterocycles. The van der Waals surface area contributed by atoms with Gasteiger partial charge in [0.05, 0.1) is 47.5 Å². The topological polar surface area (TPSA) is 93.1 Å². The predicted octanol–water partition coefficient (Wildman–Crippen LogP) is 2.95. The van der Waals surface area contributed by atoms with Gasteiger partial charge in [0.2, 0.25) is 5.58 Å². The fourth-order valence-electron chi connectivity index (χ4n) is 5.75. The number of morpholine rings is 1. The van der Waals surface area contributed by atoms with E-state index in [1.165, 1.54) is 0 Å². The lowest BCUT2D eigenvalue weighted by atomic mass is 9.69. The first kappa shape index (κ1) is 20.3. The van der Waals surface area contributed by atoms with Gasteiger partial charge in [-0.25, -0.2) is 9.38 Å². The minimum absolute atomic E-state index is 0.0233. The molecule has 0 radical (unpaired) electrons. The van der Waals surface area contributed by atoms with Crippen LogP contribution in [0, 0.1) is 11.2 Å². The second-order valence-electron chi connectivity index (χ2n) is 9.38. The van der Waals surface area contributed by atoms with Crippen LogP contribution in [-0.2, 0) is 24.8 Å². The summed E-state index contributed by atoms with van der Waals surface area (Å²) in [4.78, 5) is 11.0. The van der Waals surface area contributed by atoms with Crippen LogP contribution in [0.5, 0.6) is 0 Å². The molecule has 172 valence electrons. The molecule has 1 N–H and O–H groups in total. The number of rotatable bonds is 3. The smallest absolute Gasteiger partial charge is 0.206 e. The Bertz CT molecular complexity index is 1280. The molecular formula is C23H26FN7O2. The van der Waals surface area contributed by atoms with Crippen LogP contribution in [0.2, 0.25) is 0 Å². The van der Waals surface area contributed by atoms with Crippen molar-refractivity contribution >= 4 is 35.0 Å². The van der Waals surface area contributed by atoms with E-state index in [4.69, 9.17) is 9.26 Å². The number of nitrogens with one attached hydrogen (secondary N) is 1. The lowest BCUT2D eigenvalue weighted by molar-refractivity contribution is -0.0507. The van der Waals surface area contributed by atoms with E-state index in [0.29, 0.717) is 42.9 Å².